The van der Waals surface area contributed by atoms with E-state index in [-0.39, 0.29) is 24.9 Å². The van der Waals surface area contributed by atoms with E-state index in [9.17, 15) is 4.79 Å². The molecule has 4 heterocycles. The van der Waals surface area contributed by atoms with Gasteiger partial charge < -0.3 is 9.47 Å². The molecule has 1 aliphatic heterocycles. The first-order valence-electron chi connectivity index (χ1n) is 8.97. The zero-order valence-corrected chi connectivity index (χ0v) is 16.3. The van der Waals surface area contributed by atoms with Crippen LogP contribution in [0.15, 0.2) is 48.1 Å². The van der Waals surface area contributed by atoms with Gasteiger partial charge in [0.25, 0.3) is 0 Å². The number of rotatable bonds is 4. The molecule has 0 bridgehead atoms. The van der Waals surface area contributed by atoms with Crippen LogP contribution in [0.4, 0.5) is 0 Å². The lowest BCUT2D eigenvalue weighted by atomic mass is 10.2. The van der Waals surface area contributed by atoms with Crippen molar-refractivity contribution >= 4 is 50.2 Å². The Bertz CT molecular complexity index is 1160. The van der Waals surface area contributed by atoms with Crippen LogP contribution in [0.1, 0.15) is 29.4 Å². The molecule has 4 aromatic rings. The Hall–Kier alpha value is -2.48. The van der Waals surface area contributed by atoms with Crippen molar-refractivity contribution in [3.05, 3.63) is 58.8 Å². The molecule has 0 spiro atoms. The number of hydrogen-bond acceptors (Lipinski definition) is 6. The largest absolute Gasteiger partial charge is 0.459 e. The number of fused-ring (bicyclic) bond motifs is 3. The molecular formula is C20H16ClN3O3S. The highest BCUT2D eigenvalue weighted by Crippen LogP contribution is 2.40. The van der Waals surface area contributed by atoms with Crippen LogP contribution in [0, 0.1) is 0 Å². The Morgan fingerprint density at radius 1 is 1.25 bits per heavy atom. The number of thiophene rings is 1. The Kier molecular flexibility index (Phi) is 4.50. The number of hydrogen-bond donors (Lipinski definition) is 0. The molecule has 1 fully saturated rings. The summed E-state index contributed by atoms with van der Waals surface area (Å²) in [5.41, 5.74) is 1.31. The van der Waals surface area contributed by atoms with Crippen LogP contribution in [-0.4, -0.2) is 33.2 Å². The Morgan fingerprint density at radius 2 is 2.11 bits per heavy atom. The maximum absolute atomic E-state index is 12.2. The monoisotopic (exact) mass is 413 g/mol. The predicted molar refractivity (Wildman–Crippen MR) is 108 cm³/mol. The SMILES string of the molecule is O=C(OC[C@@H]1CC[C@H](n2c3ncnc(Cl)c3c3ccsc32)O1)c1ccccc1. The molecule has 6 nitrogen and oxygen atoms in total. The molecule has 8 heteroatoms. The van der Waals surface area contributed by atoms with Crippen molar-refractivity contribution in [3.63, 3.8) is 0 Å². The summed E-state index contributed by atoms with van der Waals surface area (Å²) in [7, 11) is 0. The van der Waals surface area contributed by atoms with Crippen molar-refractivity contribution in [1.82, 2.24) is 14.5 Å². The molecule has 28 heavy (non-hydrogen) atoms. The van der Waals surface area contributed by atoms with Crippen LogP contribution in [0.5, 0.6) is 0 Å². The van der Waals surface area contributed by atoms with E-state index in [1.165, 1.54) is 6.33 Å². The Labute approximate surface area is 169 Å². The van der Waals surface area contributed by atoms with Gasteiger partial charge in [-0.05, 0) is 36.4 Å². The van der Waals surface area contributed by atoms with Crippen LogP contribution in [0.25, 0.3) is 21.3 Å². The standard InChI is InChI=1S/C20H16ClN3O3S/c21-17-16-14-8-9-28-19(14)24(18(16)23-11-22-17)15-7-6-13(27-15)10-26-20(25)12-4-2-1-3-5-12/h1-5,8-9,11,13,15H,6-7,10H2/t13-,15+/m0/s1. The van der Waals surface area contributed by atoms with Crippen LogP contribution in [0.3, 0.4) is 0 Å². The van der Waals surface area contributed by atoms with Gasteiger partial charge in [0, 0.05) is 5.39 Å². The molecule has 1 aromatic carbocycles. The molecule has 0 N–H and O–H groups in total. The number of nitrogens with zero attached hydrogens (tertiary/aromatic N) is 3. The summed E-state index contributed by atoms with van der Waals surface area (Å²) in [5, 5.41) is 4.35. The van der Waals surface area contributed by atoms with Gasteiger partial charge in [-0.2, -0.15) is 0 Å². The topological polar surface area (TPSA) is 66.2 Å². The van der Waals surface area contributed by atoms with Gasteiger partial charge in [0.15, 0.2) is 0 Å². The molecule has 0 amide bonds. The van der Waals surface area contributed by atoms with Crippen molar-refractivity contribution in [3.8, 4) is 0 Å². The second-order valence-electron chi connectivity index (χ2n) is 6.63. The average Bonchev–Trinajstić information content (AvgIpc) is 3.42. The number of ether oxygens (including phenoxy) is 2. The second-order valence-corrected chi connectivity index (χ2v) is 7.88. The highest BCUT2D eigenvalue weighted by atomic mass is 35.5. The quantitative estimate of drug-likeness (QED) is 0.354. The summed E-state index contributed by atoms with van der Waals surface area (Å²) in [6.07, 6.45) is 2.76. The van der Waals surface area contributed by atoms with E-state index >= 15 is 0 Å². The van der Waals surface area contributed by atoms with Crippen LogP contribution < -0.4 is 0 Å². The van der Waals surface area contributed by atoms with Crippen LogP contribution >= 0.6 is 22.9 Å². The molecule has 3 aromatic heterocycles. The number of esters is 1. The Balaban J connectivity index is 1.35. The van der Waals surface area contributed by atoms with E-state index in [2.05, 4.69) is 14.5 Å². The molecule has 0 radical (unpaired) electrons. The summed E-state index contributed by atoms with van der Waals surface area (Å²) in [6, 6.07) is 11.0. The highest BCUT2D eigenvalue weighted by molar-refractivity contribution is 7.17. The summed E-state index contributed by atoms with van der Waals surface area (Å²) >= 11 is 7.95. The summed E-state index contributed by atoms with van der Waals surface area (Å²) < 4.78 is 13.7. The van der Waals surface area contributed by atoms with E-state index in [1.54, 1.807) is 23.5 Å². The van der Waals surface area contributed by atoms with Crippen molar-refractivity contribution in [2.75, 3.05) is 6.61 Å². The number of halogens is 1. The average molecular weight is 414 g/mol. The first kappa shape index (κ1) is 17.6. The van der Waals surface area contributed by atoms with Gasteiger partial charge in [0.1, 0.15) is 34.8 Å². The number of aromatic nitrogens is 3. The maximum Gasteiger partial charge on any atom is 0.338 e. The lowest BCUT2D eigenvalue weighted by Crippen LogP contribution is -2.19. The lowest BCUT2D eigenvalue weighted by Gasteiger charge is -2.16. The fraction of sp³-hybridized carbons (Fsp3) is 0.250. The van der Waals surface area contributed by atoms with E-state index in [0.29, 0.717) is 10.7 Å². The van der Waals surface area contributed by atoms with E-state index in [0.717, 1.165) is 34.1 Å². The summed E-state index contributed by atoms with van der Waals surface area (Å²) in [4.78, 5) is 21.8. The lowest BCUT2D eigenvalue weighted by molar-refractivity contribution is -0.0291. The van der Waals surface area contributed by atoms with Crippen molar-refractivity contribution < 1.29 is 14.3 Å². The maximum atomic E-state index is 12.2. The van der Waals surface area contributed by atoms with Crippen molar-refractivity contribution in [1.29, 1.82) is 0 Å². The summed E-state index contributed by atoms with van der Waals surface area (Å²) in [6.45, 7) is 0.229. The van der Waals surface area contributed by atoms with Gasteiger partial charge in [-0.25, -0.2) is 14.8 Å². The number of carbonyl (C=O) groups excluding carboxylic acids is 1. The summed E-state index contributed by atoms with van der Waals surface area (Å²) in [5.74, 6) is -0.334. The van der Waals surface area contributed by atoms with E-state index < -0.39 is 0 Å². The van der Waals surface area contributed by atoms with Gasteiger partial charge in [0.05, 0.1) is 17.1 Å². The highest BCUT2D eigenvalue weighted by Gasteiger charge is 2.31. The predicted octanol–water partition coefficient (Wildman–Crippen LogP) is 4.83. The molecule has 142 valence electrons. The third-order valence-electron chi connectivity index (χ3n) is 4.93. The zero-order valence-electron chi connectivity index (χ0n) is 14.7. The third-order valence-corrected chi connectivity index (χ3v) is 6.12. The molecule has 1 aliphatic rings. The minimum Gasteiger partial charge on any atom is -0.459 e. The van der Waals surface area contributed by atoms with Gasteiger partial charge in [-0.15, -0.1) is 11.3 Å². The van der Waals surface area contributed by atoms with E-state index in [1.807, 2.05) is 29.6 Å². The van der Waals surface area contributed by atoms with Gasteiger partial charge >= 0.3 is 5.97 Å². The zero-order chi connectivity index (χ0) is 19.1. The minimum absolute atomic E-state index is 0.151. The first-order chi connectivity index (χ1) is 13.7. The molecule has 0 aliphatic carbocycles. The smallest absolute Gasteiger partial charge is 0.338 e. The van der Waals surface area contributed by atoms with Crippen LogP contribution in [-0.2, 0) is 9.47 Å². The normalized spacial score (nSPS) is 19.5. The Morgan fingerprint density at radius 3 is 2.96 bits per heavy atom. The molecular weight excluding hydrogens is 398 g/mol. The molecule has 2 atom stereocenters. The van der Waals surface area contributed by atoms with Gasteiger partial charge in [0.2, 0.25) is 0 Å². The minimum atomic E-state index is -0.334. The van der Waals surface area contributed by atoms with Crippen molar-refractivity contribution in [2.24, 2.45) is 0 Å². The fourth-order valence-electron chi connectivity index (χ4n) is 3.64. The molecule has 5 rings (SSSR count). The fourth-order valence-corrected chi connectivity index (χ4v) is 4.81. The first-order valence-corrected chi connectivity index (χ1v) is 10.2. The van der Waals surface area contributed by atoms with Gasteiger partial charge in [-0.1, -0.05) is 29.8 Å². The third kappa shape index (κ3) is 2.96. The second kappa shape index (κ2) is 7.16. The number of benzene rings is 1. The van der Waals surface area contributed by atoms with Crippen LogP contribution in [0.2, 0.25) is 5.15 Å². The van der Waals surface area contributed by atoms with Gasteiger partial charge in [-0.3, -0.25) is 4.57 Å². The molecule has 1 saturated heterocycles. The molecule has 0 unspecified atom stereocenters. The van der Waals surface area contributed by atoms with Crippen molar-refractivity contribution in [2.45, 2.75) is 25.2 Å². The van der Waals surface area contributed by atoms with E-state index in [4.69, 9.17) is 21.1 Å². The number of carbonyl (C=O) groups is 1. The molecule has 0 saturated carbocycles.